The van der Waals surface area contributed by atoms with Gasteiger partial charge in [-0.2, -0.15) is 0 Å². The molecule has 4 aromatic rings. The monoisotopic (exact) mass is 629 g/mol. The molecule has 9 nitrogen and oxygen atoms in total. The first-order chi connectivity index (χ1) is 21.7. The third-order valence-electron chi connectivity index (χ3n) is 7.32. The fourth-order valence-electron chi connectivity index (χ4n) is 5.08. The van der Waals surface area contributed by atoms with E-state index in [1.54, 1.807) is 30.3 Å². The highest BCUT2D eigenvalue weighted by Crippen LogP contribution is 2.34. The van der Waals surface area contributed by atoms with E-state index >= 15 is 0 Å². The molecular weight excluding hydrogens is 590 g/mol. The standard InChI is InChI=1S/C35H39N3O6S/c1-5-36-35(40)31(22-27-14-8-6-9-15-27)37(24-28-16-12-13-26(2)21-28)34(39)25-38(45(41,42)30-17-10-7-11-18-30)29-19-20-32(43-3)33(23-29)44-4/h6-21,23,31H,5,22,24-25H2,1-4H3,(H,36,40)/t31-/m0/s1. The zero-order chi connectivity index (χ0) is 32.4. The zero-order valence-electron chi connectivity index (χ0n) is 26.0. The predicted molar refractivity (Wildman–Crippen MR) is 175 cm³/mol. The Labute approximate surface area is 265 Å². The first kappa shape index (κ1) is 33.1. The number of ether oxygens (including phenoxy) is 2. The maximum atomic E-state index is 14.5. The van der Waals surface area contributed by atoms with Crippen LogP contribution in [0.25, 0.3) is 0 Å². The van der Waals surface area contributed by atoms with Crippen LogP contribution in [0.15, 0.2) is 108 Å². The SMILES string of the molecule is CCNC(=O)[C@H](Cc1ccccc1)N(Cc1cccc(C)c1)C(=O)CN(c1ccc(OC)c(OC)c1)S(=O)(=O)c1ccccc1. The first-order valence-corrected chi connectivity index (χ1v) is 16.1. The van der Waals surface area contributed by atoms with Gasteiger partial charge in [0.15, 0.2) is 11.5 Å². The Morgan fingerprint density at radius 1 is 0.800 bits per heavy atom. The minimum Gasteiger partial charge on any atom is -0.493 e. The Hall–Kier alpha value is -4.83. The number of hydrogen-bond acceptors (Lipinski definition) is 6. The summed E-state index contributed by atoms with van der Waals surface area (Å²) in [4.78, 5) is 29.6. The van der Waals surface area contributed by atoms with Gasteiger partial charge in [0.2, 0.25) is 11.8 Å². The lowest BCUT2D eigenvalue weighted by atomic mass is 10.0. The van der Waals surface area contributed by atoms with Crippen LogP contribution in [0.5, 0.6) is 11.5 Å². The minimum atomic E-state index is -4.23. The molecule has 0 saturated carbocycles. The van der Waals surface area contributed by atoms with E-state index in [1.807, 2.05) is 68.4 Å². The van der Waals surface area contributed by atoms with Crippen molar-refractivity contribution in [2.24, 2.45) is 0 Å². The van der Waals surface area contributed by atoms with Crippen molar-refractivity contribution in [2.45, 2.75) is 37.8 Å². The zero-order valence-corrected chi connectivity index (χ0v) is 26.8. The van der Waals surface area contributed by atoms with Gasteiger partial charge in [-0.05, 0) is 49.2 Å². The summed E-state index contributed by atoms with van der Waals surface area (Å²) in [6, 6.07) is 28.8. The third kappa shape index (κ3) is 8.21. The lowest BCUT2D eigenvalue weighted by Gasteiger charge is -2.34. The molecule has 0 saturated heterocycles. The fraction of sp³-hybridized carbons (Fsp3) is 0.257. The molecule has 1 atom stereocenters. The van der Waals surface area contributed by atoms with Crippen LogP contribution in [0.4, 0.5) is 5.69 Å². The van der Waals surface area contributed by atoms with Gasteiger partial charge in [0.25, 0.3) is 10.0 Å². The Balaban J connectivity index is 1.83. The molecule has 0 radical (unpaired) electrons. The third-order valence-corrected chi connectivity index (χ3v) is 9.11. The van der Waals surface area contributed by atoms with Crippen LogP contribution in [-0.4, -0.2) is 58.5 Å². The smallest absolute Gasteiger partial charge is 0.264 e. The molecule has 0 aliphatic rings. The van der Waals surface area contributed by atoms with Crippen molar-refractivity contribution in [1.82, 2.24) is 10.2 Å². The van der Waals surface area contributed by atoms with Gasteiger partial charge >= 0.3 is 0 Å². The highest BCUT2D eigenvalue weighted by molar-refractivity contribution is 7.92. The van der Waals surface area contributed by atoms with Crippen molar-refractivity contribution in [3.05, 3.63) is 120 Å². The van der Waals surface area contributed by atoms with Gasteiger partial charge in [-0.1, -0.05) is 78.4 Å². The normalized spacial score (nSPS) is 11.7. The molecular formula is C35H39N3O6S. The number of hydrogen-bond donors (Lipinski definition) is 1. The molecule has 0 bridgehead atoms. The molecule has 45 heavy (non-hydrogen) atoms. The highest BCUT2D eigenvalue weighted by Gasteiger charge is 2.34. The van der Waals surface area contributed by atoms with Crippen molar-refractivity contribution in [2.75, 3.05) is 31.6 Å². The van der Waals surface area contributed by atoms with E-state index in [2.05, 4.69) is 5.32 Å². The lowest BCUT2D eigenvalue weighted by molar-refractivity contribution is -0.140. The number of nitrogens with zero attached hydrogens (tertiary/aromatic N) is 2. The van der Waals surface area contributed by atoms with Gasteiger partial charge < -0.3 is 19.7 Å². The van der Waals surface area contributed by atoms with Crippen molar-refractivity contribution < 1.29 is 27.5 Å². The minimum absolute atomic E-state index is 0.0161. The molecule has 2 amide bonds. The molecule has 236 valence electrons. The number of sulfonamides is 1. The average molecular weight is 630 g/mol. The fourth-order valence-corrected chi connectivity index (χ4v) is 6.51. The number of methoxy groups -OCH3 is 2. The van der Waals surface area contributed by atoms with Crippen LogP contribution in [0.1, 0.15) is 23.6 Å². The highest BCUT2D eigenvalue weighted by atomic mass is 32.2. The van der Waals surface area contributed by atoms with Crippen molar-refractivity contribution in [3.8, 4) is 11.5 Å². The molecule has 0 aliphatic heterocycles. The summed E-state index contributed by atoms with van der Waals surface area (Å²) in [5, 5.41) is 2.87. The van der Waals surface area contributed by atoms with Crippen LogP contribution in [-0.2, 0) is 32.6 Å². The molecule has 0 spiro atoms. The molecule has 10 heteroatoms. The summed E-state index contributed by atoms with van der Waals surface area (Å²) >= 11 is 0. The van der Waals surface area contributed by atoms with Gasteiger partial charge in [-0.15, -0.1) is 0 Å². The summed E-state index contributed by atoms with van der Waals surface area (Å²) in [6.45, 7) is 3.67. The number of anilines is 1. The Bertz CT molecular complexity index is 1700. The summed E-state index contributed by atoms with van der Waals surface area (Å²) in [6.07, 6.45) is 0.242. The van der Waals surface area contributed by atoms with E-state index in [1.165, 1.54) is 37.3 Å². The van der Waals surface area contributed by atoms with Gasteiger partial charge in [-0.3, -0.25) is 13.9 Å². The van der Waals surface area contributed by atoms with Gasteiger partial charge in [-0.25, -0.2) is 8.42 Å². The summed E-state index contributed by atoms with van der Waals surface area (Å²) in [7, 11) is -1.30. The maximum absolute atomic E-state index is 14.5. The Morgan fingerprint density at radius 2 is 1.44 bits per heavy atom. The number of nitrogens with one attached hydrogen (secondary N) is 1. The number of rotatable bonds is 14. The van der Waals surface area contributed by atoms with Gasteiger partial charge in [0.05, 0.1) is 24.8 Å². The molecule has 4 rings (SSSR count). The van der Waals surface area contributed by atoms with Crippen molar-refractivity contribution in [1.29, 1.82) is 0 Å². The number of amides is 2. The number of benzene rings is 4. The lowest BCUT2D eigenvalue weighted by Crippen LogP contribution is -2.53. The molecule has 0 fully saturated rings. The van der Waals surface area contributed by atoms with Crippen molar-refractivity contribution >= 4 is 27.5 Å². The maximum Gasteiger partial charge on any atom is 0.264 e. The molecule has 0 aliphatic carbocycles. The van der Waals surface area contributed by atoms with E-state index in [0.29, 0.717) is 18.0 Å². The van der Waals surface area contributed by atoms with Crippen molar-refractivity contribution in [3.63, 3.8) is 0 Å². The quantitative estimate of drug-likeness (QED) is 0.211. The summed E-state index contributed by atoms with van der Waals surface area (Å²) < 4.78 is 40.2. The van der Waals surface area contributed by atoms with E-state index in [4.69, 9.17) is 9.47 Å². The first-order valence-electron chi connectivity index (χ1n) is 14.6. The molecule has 0 unspecified atom stereocenters. The second kappa shape index (κ2) is 15.3. The van der Waals surface area contributed by atoms with Crippen LogP contribution in [0, 0.1) is 6.92 Å². The summed E-state index contributed by atoms with van der Waals surface area (Å²) in [5.74, 6) is -0.162. The number of carbonyl (C=O) groups excluding carboxylic acids is 2. The molecule has 1 N–H and O–H groups in total. The van der Waals surface area contributed by atoms with Crippen LogP contribution in [0.2, 0.25) is 0 Å². The van der Waals surface area contributed by atoms with E-state index in [9.17, 15) is 18.0 Å². The van der Waals surface area contributed by atoms with Crippen LogP contribution in [0.3, 0.4) is 0 Å². The number of carbonyl (C=O) groups is 2. The number of aryl methyl sites for hydroxylation is 1. The van der Waals surface area contributed by atoms with Crippen LogP contribution >= 0.6 is 0 Å². The largest absolute Gasteiger partial charge is 0.493 e. The predicted octanol–water partition coefficient (Wildman–Crippen LogP) is 4.98. The van der Waals surface area contributed by atoms with E-state index < -0.39 is 28.5 Å². The Morgan fingerprint density at radius 3 is 2.07 bits per heavy atom. The molecule has 0 aromatic heterocycles. The van der Waals surface area contributed by atoms with E-state index in [-0.39, 0.29) is 29.5 Å². The molecule has 4 aromatic carbocycles. The second-order valence-electron chi connectivity index (χ2n) is 10.5. The Kier molecular flexibility index (Phi) is 11.2. The summed E-state index contributed by atoms with van der Waals surface area (Å²) in [5.41, 5.74) is 2.88. The van der Waals surface area contributed by atoms with Gasteiger partial charge in [0, 0.05) is 25.6 Å². The second-order valence-corrected chi connectivity index (χ2v) is 12.3. The van der Waals surface area contributed by atoms with E-state index in [0.717, 1.165) is 21.0 Å². The number of likely N-dealkylation sites (N-methyl/N-ethyl adjacent to an activating group) is 1. The van der Waals surface area contributed by atoms with Crippen LogP contribution < -0.4 is 19.1 Å². The topological polar surface area (TPSA) is 105 Å². The average Bonchev–Trinajstić information content (AvgIpc) is 3.05. The van der Waals surface area contributed by atoms with Gasteiger partial charge in [0.1, 0.15) is 12.6 Å². The molecule has 0 heterocycles.